The second-order valence-electron chi connectivity index (χ2n) is 4.89. The molecule has 0 aromatic rings. The summed E-state index contributed by atoms with van der Waals surface area (Å²) in [5.74, 6) is 1.92. The highest BCUT2D eigenvalue weighted by Crippen LogP contribution is 2.38. The Bertz CT molecular complexity index is 127. The minimum atomic E-state index is 0.839. The number of alkyl halides is 1. The SMILES string of the molecule is CC(C)CCCCCC(Br)C1CC1. The van der Waals surface area contributed by atoms with Crippen LogP contribution in [-0.2, 0) is 0 Å². The first-order valence-electron chi connectivity index (χ1n) is 5.84. The van der Waals surface area contributed by atoms with Crippen LogP contribution in [0.3, 0.4) is 0 Å². The van der Waals surface area contributed by atoms with Crippen LogP contribution >= 0.6 is 15.9 Å². The molecule has 0 saturated heterocycles. The van der Waals surface area contributed by atoms with Crippen LogP contribution in [0.15, 0.2) is 0 Å². The zero-order chi connectivity index (χ0) is 9.68. The van der Waals surface area contributed by atoms with Crippen LogP contribution in [0, 0.1) is 11.8 Å². The van der Waals surface area contributed by atoms with Crippen molar-refractivity contribution in [2.45, 2.75) is 63.6 Å². The summed E-state index contributed by atoms with van der Waals surface area (Å²) in [6.07, 6.45) is 10.1. The maximum atomic E-state index is 3.79. The first kappa shape index (κ1) is 11.6. The standard InChI is InChI=1S/C12H23Br/c1-10(2)6-4-3-5-7-12(13)11-8-9-11/h10-12H,3-9H2,1-2H3. The maximum absolute atomic E-state index is 3.79. The van der Waals surface area contributed by atoms with Crippen LogP contribution in [0.1, 0.15) is 58.8 Å². The summed E-state index contributed by atoms with van der Waals surface area (Å²) in [5, 5.41) is 0. The number of hydrogen-bond donors (Lipinski definition) is 0. The molecule has 0 aliphatic heterocycles. The zero-order valence-corrected chi connectivity index (χ0v) is 10.6. The predicted octanol–water partition coefficient (Wildman–Crippen LogP) is 4.77. The van der Waals surface area contributed by atoms with Crippen molar-refractivity contribution in [2.24, 2.45) is 11.8 Å². The minimum Gasteiger partial charge on any atom is -0.0888 e. The summed E-state index contributed by atoms with van der Waals surface area (Å²) >= 11 is 3.79. The molecule has 1 aliphatic rings. The summed E-state index contributed by atoms with van der Waals surface area (Å²) in [4.78, 5) is 0.839. The molecule has 0 heterocycles. The van der Waals surface area contributed by atoms with E-state index in [4.69, 9.17) is 0 Å². The topological polar surface area (TPSA) is 0 Å². The lowest BCUT2D eigenvalue weighted by Crippen LogP contribution is -1.99. The number of hydrogen-bond acceptors (Lipinski definition) is 0. The molecule has 1 fully saturated rings. The van der Waals surface area contributed by atoms with Gasteiger partial charge in [0.2, 0.25) is 0 Å². The van der Waals surface area contributed by atoms with Gasteiger partial charge in [0.25, 0.3) is 0 Å². The van der Waals surface area contributed by atoms with E-state index < -0.39 is 0 Å². The molecule has 0 N–H and O–H groups in total. The summed E-state index contributed by atoms with van der Waals surface area (Å²) in [5.41, 5.74) is 0. The first-order valence-corrected chi connectivity index (χ1v) is 6.75. The van der Waals surface area contributed by atoms with Gasteiger partial charge in [-0.3, -0.25) is 0 Å². The van der Waals surface area contributed by atoms with Gasteiger partial charge in [0.1, 0.15) is 0 Å². The summed E-state index contributed by atoms with van der Waals surface area (Å²) in [6.45, 7) is 4.63. The third kappa shape index (κ3) is 5.72. The summed E-state index contributed by atoms with van der Waals surface area (Å²) < 4.78 is 0. The highest BCUT2D eigenvalue weighted by atomic mass is 79.9. The highest BCUT2D eigenvalue weighted by Gasteiger charge is 2.28. The average molecular weight is 247 g/mol. The fraction of sp³-hybridized carbons (Fsp3) is 1.00. The van der Waals surface area contributed by atoms with Crippen molar-refractivity contribution in [3.8, 4) is 0 Å². The van der Waals surface area contributed by atoms with E-state index in [1.807, 2.05) is 0 Å². The molecule has 0 nitrogen and oxygen atoms in total. The predicted molar refractivity (Wildman–Crippen MR) is 63.4 cm³/mol. The molecular formula is C12H23Br. The quantitative estimate of drug-likeness (QED) is 0.449. The van der Waals surface area contributed by atoms with E-state index in [1.165, 1.54) is 44.9 Å². The third-order valence-corrected chi connectivity index (χ3v) is 4.10. The normalized spacial score (nSPS) is 19.4. The molecule has 0 aromatic heterocycles. The van der Waals surface area contributed by atoms with Crippen molar-refractivity contribution in [3.63, 3.8) is 0 Å². The van der Waals surface area contributed by atoms with Crippen LogP contribution in [0.2, 0.25) is 0 Å². The van der Waals surface area contributed by atoms with Crippen LogP contribution in [-0.4, -0.2) is 4.83 Å². The van der Waals surface area contributed by atoms with Gasteiger partial charge in [-0.2, -0.15) is 0 Å². The Hall–Kier alpha value is 0.480. The Morgan fingerprint density at radius 1 is 1.08 bits per heavy atom. The highest BCUT2D eigenvalue weighted by molar-refractivity contribution is 9.09. The largest absolute Gasteiger partial charge is 0.0888 e. The van der Waals surface area contributed by atoms with E-state index in [0.717, 1.165) is 16.7 Å². The minimum absolute atomic E-state index is 0.839. The fourth-order valence-corrected chi connectivity index (χ4v) is 2.61. The van der Waals surface area contributed by atoms with Crippen molar-refractivity contribution in [3.05, 3.63) is 0 Å². The average Bonchev–Trinajstić information content (AvgIpc) is 2.85. The fourth-order valence-electron chi connectivity index (χ4n) is 1.76. The molecule has 0 aromatic carbocycles. The molecule has 1 aliphatic carbocycles. The van der Waals surface area contributed by atoms with E-state index in [9.17, 15) is 0 Å². The van der Waals surface area contributed by atoms with Crippen LogP contribution < -0.4 is 0 Å². The molecule has 0 amide bonds. The molecule has 1 unspecified atom stereocenters. The smallest absolute Gasteiger partial charge is 0.0174 e. The van der Waals surface area contributed by atoms with Crippen LogP contribution in [0.25, 0.3) is 0 Å². The Balaban J connectivity index is 1.83. The van der Waals surface area contributed by atoms with Crippen molar-refractivity contribution < 1.29 is 0 Å². The maximum Gasteiger partial charge on any atom is 0.0174 e. The zero-order valence-electron chi connectivity index (χ0n) is 9.06. The number of rotatable bonds is 7. The lowest BCUT2D eigenvalue weighted by molar-refractivity contribution is 0.513. The van der Waals surface area contributed by atoms with Gasteiger partial charge in [0.15, 0.2) is 0 Å². The Morgan fingerprint density at radius 2 is 1.69 bits per heavy atom. The molecular weight excluding hydrogens is 224 g/mol. The number of halogens is 1. The second-order valence-corrected chi connectivity index (χ2v) is 6.06. The summed E-state index contributed by atoms with van der Waals surface area (Å²) in [6, 6.07) is 0. The van der Waals surface area contributed by atoms with E-state index in [0.29, 0.717) is 0 Å². The van der Waals surface area contributed by atoms with E-state index >= 15 is 0 Å². The first-order chi connectivity index (χ1) is 6.20. The van der Waals surface area contributed by atoms with Crippen LogP contribution in [0.5, 0.6) is 0 Å². The van der Waals surface area contributed by atoms with Crippen LogP contribution in [0.4, 0.5) is 0 Å². The molecule has 78 valence electrons. The van der Waals surface area contributed by atoms with Crippen molar-refractivity contribution >= 4 is 15.9 Å². The lowest BCUT2D eigenvalue weighted by atomic mass is 10.0. The van der Waals surface area contributed by atoms with Gasteiger partial charge in [0.05, 0.1) is 0 Å². The third-order valence-electron chi connectivity index (χ3n) is 2.89. The molecule has 0 radical (unpaired) electrons. The molecule has 1 rings (SSSR count). The van der Waals surface area contributed by atoms with E-state index in [-0.39, 0.29) is 0 Å². The molecule has 1 atom stereocenters. The van der Waals surface area contributed by atoms with Gasteiger partial charge in [-0.05, 0) is 31.1 Å². The molecule has 0 bridgehead atoms. The van der Waals surface area contributed by atoms with E-state index in [1.54, 1.807) is 0 Å². The van der Waals surface area contributed by atoms with Gasteiger partial charge in [-0.1, -0.05) is 55.5 Å². The Kier molecular flexibility index (Phi) is 5.38. The summed E-state index contributed by atoms with van der Waals surface area (Å²) in [7, 11) is 0. The molecule has 13 heavy (non-hydrogen) atoms. The second kappa shape index (κ2) is 6.06. The molecule has 1 saturated carbocycles. The lowest BCUT2D eigenvalue weighted by Gasteiger charge is -2.08. The van der Waals surface area contributed by atoms with Crippen molar-refractivity contribution in [1.29, 1.82) is 0 Å². The number of unbranched alkanes of at least 4 members (excludes halogenated alkanes) is 2. The molecule has 0 spiro atoms. The Morgan fingerprint density at radius 3 is 2.23 bits per heavy atom. The van der Waals surface area contributed by atoms with Crippen molar-refractivity contribution in [2.75, 3.05) is 0 Å². The monoisotopic (exact) mass is 246 g/mol. The van der Waals surface area contributed by atoms with Gasteiger partial charge in [0, 0.05) is 4.83 Å². The Labute approximate surface area is 91.6 Å². The van der Waals surface area contributed by atoms with Gasteiger partial charge < -0.3 is 0 Å². The van der Waals surface area contributed by atoms with Gasteiger partial charge in [-0.25, -0.2) is 0 Å². The van der Waals surface area contributed by atoms with Gasteiger partial charge in [-0.15, -0.1) is 0 Å². The van der Waals surface area contributed by atoms with Gasteiger partial charge >= 0.3 is 0 Å². The van der Waals surface area contributed by atoms with E-state index in [2.05, 4.69) is 29.8 Å². The molecule has 1 heteroatoms. The van der Waals surface area contributed by atoms with Crippen molar-refractivity contribution in [1.82, 2.24) is 0 Å².